The molecule has 0 atom stereocenters. The Balaban J connectivity index is 0.00000300. The molecule has 2 N–H and O–H groups in total. The molecule has 0 amide bonds. The molecule has 0 saturated carbocycles. The van der Waals surface area contributed by atoms with Crippen LogP contribution in [0.3, 0.4) is 0 Å². The molecule has 5 nitrogen and oxygen atoms in total. The van der Waals surface area contributed by atoms with E-state index in [1.54, 1.807) is 0 Å². The van der Waals surface area contributed by atoms with Crippen LogP contribution in [0.2, 0.25) is 0 Å². The van der Waals surface area contributed by atoms with Gasteiger partial charge in [0.25, 0.3) is 0 Å². The number of fused-ring (bicyclic) bond motifs is 2. The Hall–Kier alpha value is -1.50. The van der Waals surface area contributed by atoms with Crippen molar-refractivity contribution in [3.05, 3.63) is 42.5 Å². The maximum absolute atomic E-state index is 5.88. The Labute approximate surface area is 203 Å². The smallest absolute Gasteiger partial charge is 0.121 e. The highest BCUT2D eigenvalue weighted by atomic mass is 35.5. The van der Waals surface area contributed by atoms with Crippen molar-refractivity contribution in [2.75, 3.05) is 40.4 Å². The molecule has 0 radical (unpaired) electrons. The second-order valence-corrected chi connectivity index (χ2v) is 7.02. The van der Waals surface area contributed by atoms with Gasteiger partial charge in [0, 0.05) is 22.9 Å². The van der Waals surface area contributed by atoms with Gasteiger partial charge in [-0.2, -0.15) is 0 Å². The highest BCUT2D eigenvalue weighted by Crippen LogP contribution is 2.26. The van der Waals surface area contributed by atoms with E-state index in [1.807, 2.05) is 38.4 Å². The van der Waals surface area contributed by atoms with Crippen molar-refractivity contribution in [1.82, 2.24) is 15.6 Å². The second kappa shape index (κ2) is 16.2. The Kier molecular flexibility index (Phi) is 15.4. The van der Waals surface area contributed by atoms with Crippen molar-refractivity contribution in [2.45, 2.75) is 25.7 Å². The number of rotatable bonds is 12. The molecule has 174 valence electrons. The molecule has 3 rings (SSSR count). The minimum Gasteiger partial charge on any atom is -0.494 e. The van der Waals surface area contributed by atoms with Crippen molar-refractivity contribution in [3.63, 3.8) is 0 Å². The first-order valence-corrected chi connectivity index (χ1v) is 10.2. The van der Waals surface area contributed by atoms with E-state index in [2.05, 4.69) is 28.8 Å². The fraction of sp³-hybridized carbons (Fsp3) is 0.435. The third kappa shape index (κ3) is 9.26. The molecule has 0 aliphatic carbocycles. The lowest BCUT2D eigenvalue weighted by atomic mass is 10.1. The largest absolute Gasteiger partial charge is 0.494 e. The lowest BCUT2D eigenvalue weighted by Gasteiger charge is -2.09. The third-order valence-corrected chi connectivity index (χ3v) is 4.74. The summed E-state index contributed by atoms with van der Waals surface area (Å²) in [6.45, 7) is 3.50. The molecule has 2 aromatic carbocycles. The summed E-state index contributed by atoms with van der Waals surface area (Å²) in [5.41, 5.74) is 1.90. The number of unbranched alkanes of at least 4 members (excludes halogenated alkanes) is 2. The predicted molar refractivity (Wildman–Crippen MR) is 138 cm³/mol. The summed E-state index contributed by atoms with van der Waals surface area (Å²) in [6.07, 6.45) is 4.31. The van der Waals surface area contributed by atoms with Crippen LogP contribution in [0, 0.1) is 0 Å². The molecular formula is C23H34Cl3N3O2. The molecule has 0 fully saturated rings. The van der Waals surface area contributed by atoms with E-state index in [-0.39, 0.29) is 37.2 Å². The van der Waals surface area contributed by atoms with Crippen LogP contribution < -0.4 is 20.1 Å². The van der Waals surface area contributed by atoms with Gasteiger partial charge in [-0.15, -0.1) is 37.2 Å². The topological polar surface area (TPSA) is 55.4 Å². The van der Waals surface area contributed by atoms with E-state index in [1.165, 1.54) is 0 Å². The van der Waals surface area contributed by atoms with Crippen LogP contribution in [0.15, 0.2) is 42.5 Å². The average molecular weight is 491 g/mol. The lowest BCUT2D eigenvalue weighted by Crippen LogP contribution is -2.09. The molecule has 1 aromatic heterocycles. The maximum atomic E-state index is 5.88. The lowest BCUT2D eigenvalue weighted by molar-refractivity contribution is 0.307. The van der Waals surface area contributed by atoms with Crippen LogP contribution in [0.1, 0.15) is 25.7 Å². The Bertz CT molecular complexity index is 827. The quantitative estimate of drug-likeness (QED) is 0.263. The zero-order chi connectivity index (χ0) is 19.6. The van der Waals surface area contributed by atoms with E-state index in [0.717, 1.165) is 85.3 Å². The van der Waals surface area contributed by atoms with E-state index in [9.17, 15) is 0 Å². The molecular weight excluding hydrogens is 457 g/mol. The standard InChI is InChI=1S/C23H31N3O2.3ClH/c1-24-11-3-5-13-27-20-9-7-18-15-19-8-10-21(28-14-6-4-12-25-2)17-23(19)26-22(18)16-20;;;/h7-10,15-17,24-25H,3-6,11-14H2,1-2H3;3*1H. The van der Waals surface area contributed by atoms with Crippen molar-refractivity contribution >= 4 is 59.0 Å². The first-order chi connectivity index (χ1) is 13.8. The highest BCUT2D eigenvalue weighted by molar-refractivity contribution is 5.93. The number of halogens is 3. The summed E-state index contributed by atoms with van der Waals surface area (Å²) in [5, 5.41) is 8.55. The summed E-state index contributed by atoms with van der Waals surface area (Å²) in [4.78, 5) is 4.83. The van der Waals surface area contributed by atoms with Gasteiger partial charge in [-0.1, -0.05) is 0 Å². The molecule has 0 unspecified atom stereocenters. The van der Waals surface area contributed by atoms with Gasteiger partial charge in [-0.25, -0.2) is 4.98 Å². The summed E-state index contributed by atoms with van der Waals surface area (Å²) in [6, 6.07) is 14.4. The van der Waals surface area contributed by atoms with Crippen molar-refractivity contribution < 1.29 is 9.47 Å². The minimum absolute atomic E-state index is 0. The normalized spacial score (nSPS) is 10.1. The van der Waals surface area contributed by atoms with Crippen LogP contribution in [0.4, 0.5) is 0 Å². The number of pyridine rings is 1. The Morgan fingerprint density at radius 1 is 0.645 bits per heavy atom. The SMILES string of the molecule is CNCCCCOc1ccc2cc3ccc(OCCCCNC)cc3nc2c1.Cl.Cl.Cl. The third-order valence-electron chi connectivity index (χ3n) is 4.74. The molecule has 31 heavy (non-hydrogen) atoms. The van der Waals surface area contributed by atoms with Gasteiger partial charge in [0.1, 0.15) is 11.5 Å². The van der Waals surface area contributed by atoms with E-state index >= 15 is 0 Å². The Morgan fingerprint density at radius 2 is 1.10 bits per heavy atom. The van der Waals surface area contributed by atoms with Gasteiger partial charge in [-0.3, -0.25) is 0 Å². The van der Waals surface area contributed by atoms with Gasteiger partial charge < -0.3 is 20.1 Å². The number of ether oxygens (including phenoxy) is 2. The zero-order valence-corrected chi connectivity index (χ0v) is 20.6. The number of hydrogen-bond acceptors (Lipinski definition) is 5. The fourth-order valence-electron chi connectivity index (χ4n) is 3.15. The Morgan fingerprint density at radius 3 is 1.52 bits per heavy atom. The van der Waals surface area contributed by atoms with E-state index in [4.69, 9.17) is 14.5 Å². The number of benzene rings is 2. The van der Waals surface area contributed by atoms with Crippen molar-refractivity contribution in [1.29, 1.82) is 0 Å². The molecule has 0 aliphatic heterocycles. The summed E-state index contributed by atoms with van der Waals surface area (Å²) < 4.78 is 11.8. The fourth-order valence-corrected chi connectivity index (χ4v) is 3.15. The monoisotopic (exact) mass is 489 g/mol. The van der Waals surface area contributed by atoms with Gasteiger partial charge in [0.2, 0.25) is 0 Å². The maximum Gasteiger partial charge on any atom is 0.121 e. The molecule has 1 heterocycles. The van der Waals surface area contributed by atoms with Gasteiger partial charge >= 0.3 is 0 Å². The highest BCUT2D eigenvalue weighted by Gasteiger charge is 2.04. The number of aromatic nitrogens is 1. The zero-order valence-electron chi connectivity index (χ0n) is 18.2. The van der Waals surface area contributed by atoms with Crippen LogP contribution >= 0.6 is 37.2 Å². The summed E-state index contributed by atoms with van der Waals surface area (Å²) in [5.74, 6) is 1.75. The van der Waals surface area contributed by atoms with E-state index in [0.29, 0.717) is 0 Å². The van der Waals surface area contributed by atoms with Gasteiger partial charge in [0.15, 0.2) is 0 Å². The average Bonchev–Trinajstić information content (AvgIpc) is 2.72. The number of nitrogens with zero attached hydrogens (tertiary/aromatic N) is 1. The van der Waals surface area contributed by atoms with Crippen molar-refractivity contribution in [3.8, 4) is 11.5 Å². The molecule has 0 bridgehead atoms. The first-order valence-electron chi connectivity index (χ1n) is 10.2. The van der Waals surface area contributed by atoms with E-state index < -0.39 is 0 Å². The molecule has 0 saturated heterocycles. The van der Waals surface area contributed by atoms with Gasteiger partial charge in [0.05, 0.1) is 24.2 Å². The van der Waals surface area contributed by atoms with Crippen LogP contribution in [0.5, 0.6) is 11.5 Å². The summed E-state index contributed by atoms with van der Waals surface area (Å²) in [7, 11) is 3.95. The number of nitrogens with one attached hydrogen (secondary N) is 2. The summed E-state index contributed by atoms with van der Waals surface area (Å²) >= 11 is 0. The molecule has 8 heteroatoms. The van der Waals surface area contributed by atoms with Gasteiger partial charge in [-0.05, 0) is 83.2 Å². The number of hydrogen-bond donors (Lipinski definition) is 2. The molecule has 0 spiro atoms. The minimum atomic E-state index is 0. The van der Waals surface area contributed by atoms with Crippen LogP contribution in [-0.2, 0) is 0 Å². The molecule has 0 aliphatic rings. The second-order valence-electron chi connectivity index (χ2n) is 7.02. The van der Waals surface area contributed by atoms with Crippen LogP contribution in [-0.4, -0.2) is 45.4 Å². The molecule has 3 aromatic rings. The predicted octanol–water partition coefficient (Wildman–Crippen LogP) is 5.41. The first kappa shape index (κ1) is 29.5. The van der Waals surface area contributed by atoms with Crippen LogP contribution in [0.25, 0.3) is 21.8 Å². The van der Waals surface area contributed by atoms with Crippen molar-refractivity contribution in [2.24, 2.45) is 0 Å².